The van der Waals surface area contributed by atoms with E-state index in [1.54, 1.807) is 0 Å². The molecular weight excluding hydrogens is 877 g/mol. The molecule has 0 aliphatic rings. The third-order valence-electron chi connectivity index (χ3n) is 12.6. The molecule has 0 aliphatic carbocycles. The Labute approximate surface area is 438 Å². The van der Waals surface area contributed by atoms with E-state index in [0.29, 0.717) is 19.3 Å². The molecule has 0 aromatic heterocycles. The first kappa shape index (κ1) is 67.3. The Hall–Kier alpha value is -3.67. The van der Waals surface area contributed by atoms with Gasteiger partial charge in [0, 0.05) is 19.3 Å². The second-order valence-corrected chi connectivity index (χ2v) is 19.5. The number of carbonyl (C=O) groups is 3. The van der Waals surface area contributed by atoms with Crippen LogP contribution >= 0.6 is 0 Å². The molecule has 0 heterocycles. The van der Waals surface area contributed by atoms with Crippen molar-refractivity contribution in [3.63, 3.8) is 0 Å². The third kappa shape index (κ3) is 57.1. The zero-order valence-corrected chi connectivity index (χ0v) is 46.5. The van der Waals surface area contributed by atoms with Crippen LogP contribution in [-0.2, 0) is 28.6 Å². The lowest BCUT2D eigenvalue weighted by Gasteiger charge is -2.18. The van der Waals surface area contributed by atoms with Gasteiger partial charge in [0.2, 0.25) is 0 Å². The van der Waals surface area contributed by atoms with Crippen molar-refractivity contribution in [2.24, 2.45) is 0 Å². The maximum Gasteiger partial charge on any atom is 0.306 e. The van der Waals surface area contributed by atoms with E-state index in [1.165, 1.54) is 116 Å². The van der Waals surface area contributed by atoms with Gasteiger partial charge in [0.25, 0.3) is 0 Å². The molecule has 0 radical (unpaired) electrons. The summed E-state index contributed by atoms with van der Waals surface area (Å²) in [5, 5.41) is 0. The van der Waals surface area contributed by atoms with Gasteiger partial charge in [0.05, 0.1) is 0 Å². The molecule has 0 aromatic carbocycles. The Bertz CT molecular complexity index is 1410. The fourth-order valence-corrected chi connectivity index (χ4v) is 8.12. The lowest BCUT2D eigenvalue weighted by Crippen LogP contribution is -2.30. The van der Waals surface area contributed by atoms with Crippen LogP contribution in [0, 0.1) is 0 Å². The molecule has 0 amide bonds. The van der Waals surface area contributed by atoms with E-state index in [-0.39, 0.29) is 31.1 Å². The standard InChI is InChI=1S/C65H110O6/c1-4-7-10-13-15-17-19-21-22-23-24-25-26-27-28-29-30-31-32-33-34-35-36-37-38-39-40-41-42-44-45-47-49-52-55-58-64(67)70-61-62(60-69-63(66)57-54-51-12-9-6-3)71-65(68)59-56-53-50-48-46-43-20-18-16-14-11-8-5-2/h7,10,15,17-18,20-22,24-25,27-28,30-31,33-34,62H,4-6,8-9,11-14,16,19,23,26,29,32,35-61H2,1-3H3/b10-7-,17-15-,20-18-,22-21-,25-24-,28-27-,31-30-,34-33-. The highest BCUT2D eigenvalue weighted by atomic mass is 16.6. The second-order valence-electron chi connectivity index (χ2n) is 19.5. The normalized spacial score (nSPS) is 12.8. The average Bonchev–Trinajstić information content (AvgIpc) is 3.37. The molecule has 0 spiro atoms. The molecule has 71 heavy (non-hydrogen) atoms. The van der Waals surface area contributed by atoms with Crippen LogP contribution in [0.3, 0.4) is 0 Å². The Kier molecular flexibility index (Phi) is 55.9. The molecule has 0 fully saturated rings. The number of esters is 3. The summed E-state index contributed by atoms with van der Waals surface area (Å²) in [7, 11) is 0. The van der Waals surface area contributed by atoms with Crippen LogP contribution in [0.1, 0.15) is 278 Å². The first-order valence-corrected chi connectivity index (χ1v) is 29.7. The van der Waals surface area contributed by atoms with Crippen LogP contribution in [0.2, 0.25) is 0 Å². The van der Waals surface area contributed by atoms with Crippen molar-refractivity contribution in [2.75, 3.05) is 13.2 Å². The molecule has 1 unspecified atom stereocenters. The van der Waals surface area contributed by atoms with Crippen molar-refractivity contribution in [3.05, 3.63) is 97.2 Å². The van der Waals surface area contributed by atoms with E-state index >= 15 is 0 Å². The molecule has 0 bridgehead atoms. The predicted molar refractivity (Wildman–Crippen MR) is 307 cm³/mol. The smallest absolute Gasteiger partial charge is 0.306 e. The molecule has 0 N–H and O–H groups in total. The van der Waals surface area contributed by atoms with Gasteiger partial charge < -0.3 is 14.2 Å². The van der Waals surface area contributed by atoms with Gasteiger partial charge in [-0.1, -0.05) is 253 Å². The van der Waals surface area contributed by atoms with Crippen molar-refractivity contribution in [3.8, 4) is 0 Å². The van der Waals surface area contributed by atoms with Gasteiger partial charge >= 0.3 is 17.9 Å². The largest absolute Gasteiger partial charge is 0.462 e. The fourth-order valence-electron chi connectivity index (χ4n) is 8.12. The number of carbonyl (C=O) groups excluding carboxylic acids is 3. The van der Waals surface area contributed by atoms with E-state index in [4.69, 9.17) is 14.2 Å². The first-order chi connectivity index (χ1) is 35.0. The molecule has 0 aromatic rings. The Balaban J connectivity index is 3.96. The minimum Gasteiger partial charge on any atom is -0.462 e. The number of hydrogen-bond donors (Lipinski definition) is 0. The Morgan fingerprint density at radius 3 is 0.887 bits per heavy atom. The molecule has 0 rings (SSSR count). The number of unbranched alkanes of at least 4 members (excludes halogenated alkanes) is 26. The first-order valence-electron chi connectivity index (χ1n) is 29.7. The SMILES string of the molecule is CC/C=C\C/C=C\C/C=C\C/C=C\C/C=C\C/C=C\C/C=C\CCCCCCCCCCCCCCCC(=O)OCC(COC(=O)CCCCCCC)OC(=O)CCCCCCC/C=C\CCCCCC. The Morgan fingerprint density at radius 2 is 0.549 bits per heavy atom. The van der Waals surface area contributed by atoms with Crippen LogP contribution in [-0.4, -0.2) is 37.2 Å². The number of hydrogen-bond acceptors (Lipinski definition) is 6. The molecule has 0 saturated heterocycles. The van der Waals surface area contributed by atoms with Crippen molar-refractivity contribution in [1.82, 2.24) is 0 Å². The van der Waals surface area contributed by atoms with Gasteiger partial charge in [-0.25, -0.2) is 0 Å². The van der Waals surface area contributed by atoms with Crippen molar-refractivity contribution < 1.29 is 28.6 Å². The van der Waals surface area contributed by atoms with E-state index in [1.807, 2.05) is 0 Å². The van der Waals surface area contributed by atoms with Crippen LogP contribution in [0.25, 0.3) is 0 Å². The summed E-state index contributed by atoms with van der Waals surface area (Å²) in [6.45, 7) is 6.42. The van der Waals surface area contributed by atoms with Crippen molar-refractivity contribution in [2.45, 2.75) is 284 Å². The minimum absolute atomic E-state index is 0.0792. The molecule has 1 atom stereocenters. The molecule has 6 heteroatoms. The van der Waals surface area contributed by atoms with Gasteiger partial charge in [0.1, 0.15) is 13.2 Å². The predicted octanol–water partition coefficient (Wildman–Crippen LogP) is 20.1. The molecule has 0 aliphatic heterocycles. The zero-order chi connectivity index (χ0) is 51.4. The summed E-state index contributed by atoms with van der Waals surface area (Å²) in [4.78, 5) is 37.7. The van der Waals surface area contributed by atoms with E-state index in [0.717, 1.165) is 122 Å². The fraction of sp³-hybridized carbons (Fsp3) is 0.708. The zero-order valence-electron chi connectivity index (χ0n) is 46.5. The summed E-state index contributed by atoms with van der Waals surface area (Å²) in [6, 6.07) is 0. The second kappa shape index (κ2) is 58.9. The highest BCUT2D eigenvalue weighted by Gasteiger charge is 2.19. The lowest BCUT2D eigenvalue weighted by atomic mass is 10.0. The van der Waals surface area contributed by atoms with Crippen LogP contribution < -0.4 is 0 Å². The van der Waals surface area contributed by atoms with Gasteiger partial charge in [-0.3, -0.25) is 14.4 Å². The Morgan fingerprint density at radius 1 is 0.296 bits per heavy atom. The van der Waals surface area contributed by atoms with Gasteiger partial charge in [0.15, 0.2) is 6.10 Å². The summed E-state index contributed by atoms with van der Waals surface area (Å²) < 4.78 is 16.7. The number of allylic oxidation sites excluding steroid dienone is 16. The van der Waals surface area contributed by atoms with Gasteiger partial charge in [-0.15, -0.1) is 0 Å². The monoisotopic (exact) mass is 987 g/mol. The highest BCUT2D eigenvalue weighted by molar-refractivity contribution is 5.71. The quantitative estimate of drug-likeness (QED) is 0.0261. The maximum atomic E-state index is 12.7. The topological polar surface area (TPSA) is 78.9 Å². The average molecular weight is 988 g/mol. The summed E-state index contributed by atoms with van der Waals surface area (Å²) in [5.74, 6) is -0.900. The highest BCUT2D eigenvalue weighted by Crippen LogP contribution is 2.15. The van der Waals surface area contributed by atoms with Gasteiger partial charge in [-0.05, 0) is 103 Å². The van der Waals surface area contributed by atoms with Crippen LogP contribution in [0.5, 0.6) is 0 Å². The molecular formula is C65H110O6. The molecule has 0 saturated carbocycles. The number of ether oxygens (including phenoxy) is 3. The lowest BCUT2D eigenvalue weighted by molar-refractivity contribution is -0.167. The summed E-state index contributed by atoms with van der Waals surface area (Å²) in [5.41, 5.74) is 0. The summed E-state index contributed by atoms with van der Waals surface area (Å²) >= 11 is 0. The molecule has 6 nitrogen and oxygen atoms in total. The van der Waals surface area contributed by atoms with Crippen LogP contribution in [0.4, 0.5) is 0 Å². The minimum atomic E-state index is -0.776. The van der Waals surface area contributed by atoms with E-state index < -0.39 is 6.10 Å². The van der Waals surface area contributed by atoms with Crippen molar-refractivity contribution in [1.29, 1.82) is 0 Å². The van der Waals surface area contributed by atoms with E-state index in [9.17, 15) is 14.4 Å². The molecule has 406 valence electrons. The number of rotatable bonds is 53. The van der Waals surface area contributed by atoms with Crippen LogP contribution in [0.15, 0.2) is 97.2 Å². The van der Waals surface area contributed by atoms with E-state index in [2.05, 4.69) is 118 Å². The van der Waals surface area contributed by atoms with Crippen molar-refractivity contribution >= 4 is 17.9 Å². The maximum absolute atomic E-state index is 12.7. The third-order valence-corrected chi connectivity index (χ3v) is 12.6. The summed E-state index contributed by atoms with van der Waals surface area (Å²) in [6.07, 6.45) is 78.9. The van der Waals surface area contributed by atoms with Gasteiger partial charge in [-0.2, -0.15) is 0 Å².